The summed E-state index contributed by atoms with van der Waals surface area (Å²) in [7, 11) is 0. The molecule has 0 amide bonds. The van der Waals surface area contributed by atoms with Crippen LogP contribution in [0.2, 0.25) is 0 Å². The summed E-state index contributed by atoms with van der Waals surface area (Å²) in [5.41, 5.74) is 2.79. The van der Waals surface area contributed by atoms with Gasteiger partial charge in [0, 0.05) is 19.1 Å². The molecule has 1 atom stereocenters. The van der Waals surface area contributed by atoms with Crippen molar-refractivity contribution in [1.82, 2.24) is 10.2 Å². The number of hydrogen-bond acceptors (Lipinski definition) is 3. The molecule has 0 bridgehead atoms. The maximum Gasteiger partial charge on any atom is 0.119 e. The number of nitrogens with zero attached hydrogens (tertiary/aromatic N) is 1. The van der Waals surface area contributed by atoms with E-state index in [1.54, 1.807) is 0 Å². The van der Waals surface area contributed by atoms with Crippen LogP contribution >= 0.6 is 0 Å². The van der Waals surface area contributed by atoms with Gasteiger partial charge in [-0.15, -0.1) is 0 Å². The Balaban J connectivity index is 1.42. The van der Waals surface area contributed by atoms with Crippen molar-refractivity contribution < 1.29 is 4.74 Å². The van der Waals surface area contributed by atoms with Gasteiger partial charge >= 0.3 is 0 Å². The Hall–Kier alpha value is -1.32. The highest BCUT2D eigenvalue weighted by Crippen LogP contribution is 2.22. The Morgan fingerprint density at radius 2 is 2.14 bits per heavy atom. The van der Waals surface area contributed by atoms with Crippen LogP contribution in [0.15, 0.2) is 30.3 Å². The van der Waals surface area contributed by atoms with Crippen molar-refractivity contribution in [2.45, 2.75) is 38.6 Å². The average molecular weight is 300 g/mol. The molecule has 1 aromatic rings. The van der Waals surface area contributed by atoms with E-state index in [9.17, 15) is 0 Å². The Kier molecular flexibility index (Phi) is 5.52. The van der Waals surface area contributed by atoms with Crippen molar-refractivity contribution in [2.75, 3.05) is 32.8 Å². The summed E-state index contributed by atoms with van der Waals surface area (Å²) in [6.45, 7) is 7.65. The van der Waals surface area contributed by atoms with Crippen LogP contribution in [-0.4, -0.2) is 43.7 Å². The third-order valence-corrected chi connectivity index (χ3v) is 4.84. The van der Waals surface area contributed by atoms with Crippen LogP contribution < -0.4 is 10.1 Å². The summed E-state index contributed by atoms with van der Waals surface area (Å²) in [6, 6.07) is 9.36. The summed E-state index contributed by atoms with van der Waals surface area (Å²) in [5, 5.41) is 3.35. The van der Waals surface area contributed by atoms with E-state index in [4.69, 9.17) is 4.74 Å². The van der Waals surface area contributed by atoms with Gasteiger partial charge in [0.05, 0.1) is 6.61 Å². The molecule has 2 aliphatic heterocycles. The zero-order valence-electron chi connectivity index (χ0n) is 13.7. The van der Waals surface area contributed by atoms with Gasteiger partial charge in [-0.05, 0) is 69.0 Å². The van der Waals surface area contributed by atoms with E-state index in [2.05, 4.69) is 47.5 Å². The lowest BCUT2D eigenvalue weighted by Gasteiger charge is -2.20. The van der Waals surface area contributed by atoms with Crippen LogP contribution in [0, 0.1) is 0 Å². The highest BCUT2D eigenvalue weighted by molar-refractivity contribution is 5.67. The first kappa shape index (κ1) is 15.6. The van der Waals surface area contributed by atoms with Gasteiger partial charge in [0.25, 0.3) is 0 Å². The minimum Gasteiger partial charge on any atom is -0.494 e. The molecule has 1 fully saturated rings. The predicted molar refractivity (Wildman–Crippen MR) is 92.3 cm³/mol. The molecule has 120 valence electrons. The Labute approximate surface area is 134 Å². The minimum absolute atomic E-state index is 0.762. The van der Waals surface area contributed by atoms with Crippen LogP contribution in [0.1, 0.15) is 38.2 Å². The summed E-state index contributed by atoms with van der Waals surface area (Å²) < 4.78 is 5.88. The van der Waals surface area contributed by atoms with Gasteiger partial charge < -0.3 is 15.0 Å². The van der Waals surface area contributed by atoms with Gasteiger partial charge in [0.2, 0.25) is 0 Å². The highest BCUT2D eigenvalue weighted by atomic mass is 16.5. The van der Waals surface area contributed by atoms with Crippen molar-refractivity contribution in [3.05, 3.63) is 35.9 Å². The van der Waals surface area contributed by atoms with Crippen molar-refractivity contribution in [2.24, 2.45) is 0 Å². The minimum atomic E-state index is 0.762. The molecule has 3 heteroatoms. The van der Waals surface area contributed by atoms with E-state index in [0.29, 0.717) is 0 Å². The average Bonchev–Trinajstić information content (AvgIpc) is 2.98. The maximum absolute atomic E-state index is 5.88. The topological polar surface area (TPSA) is 24.5 Å². The quantitative estimate of drug-likeness (QED) is 0.816. The second-order valence-electron chi connectivity index (χ2n) is 6.44. The number of rotatable bonds is 6. The number of benzene rings is 1. The molecule has 0 aromatic heterocycles. The van der Waals surface area contributed by atoms with Gasteiger partial charge in [0.15, 0.2) is 0 Å². The molecule has 2 aliphatic rings. The van der Waals surface area contributed by atoms with Crippen molar-refractivity contribution in [1.29, 1.82) is 0 Å². The third-order valence-electron chi connectivity index (χ3n) is 4.84. The molecule has 1 saturated heterocycles. The summed E-state index contributed by atoms with van der Waals surface area (Å²) in [5.74, 6) is 0.993. The van der Waals surface area contributed by atoms with Crippen molar-refractivity contribution in [3.63, 3.8) is 0 Å². The molecule has 3 rings (SSSR count). The number of likely N-dealkylation sites (tertiary alicyclic amines) is 1. The summed E-state index contributed by atoms with van der Waals surface area (Å²) in [4.78, 5) is 2.58. The molecule has 22 heavy (non-hydrogen) atoms. The van der Waals surface area contributed by atoms with Gasteiger partial charge in [-0.3, -0.25) is 0 Å². The molecular weight excluding hydrogens is 272 g/mol. The largest absolute Gasteiger partial charge is 0.494 e. The normalized spacial score (nSPS) is 22.6. The first-order valence-corrected chi connectivity index (χ1v) is 8.70. The monoisotopic (exact) mass is 300 g/mol. The maximum atomic E-state index is 5.88. The smallest absolute Gasteiger partial charge is 0.119 e. The standard InChI is InChI=1S/C19H28N2O/c1-16-4-2-13-21(16)14-3-15-22-19-7-5-17(6-8-19)18-9-11-20-12-10-18/h5-9,16,20H,2-4,10-15H2,1H3/t16-/m1/s1. The fraction of sp³-hybridized carbons (Fsp3) is 0.579. The van der Waals surface area contributed by atoms with E-state index >= 15 is 0 Å². The van der Waals surface area contributed by atoms with E-state index in [0.717, 1.165) is 44.3 Å². The number of nitrogens with one attached hydrogen (secondary N) is 1. The number of hydrogen-bond donors (Lipinski definition) is 1. The zero-order chi connectivity index (χ0) is 15.2. The third kappa shape index (κ3) is 4.11. The van der Waals surface area contributed by atoms with Crippen LogP contribution in [0.3, 0.4) is 0 Å². The Morgan fingerprint density at radius 1 is 1.27 bits per heavy atom. The van der Waals surface area contributed by atoms with Crippen LogP contribution in [0.25, 0.3) is 5.57 Å². The molecule has 0 unspecified atom stereocenters. The molecule has 3 nitrogen and oxygen atoms in total. The Bertz CT molecular complexity index is 495. The summed E-state index contributed by atoms with van der Waals surface area (Å²) in [6.07, 6.45) is 7.23. The second-order valence-corrected chi connectivity index (χ2v) is 6.44. The molecular formula is C19H28N2O. The first-order valence-electron chi connectivity index (χ1n) is 8.70. The molecule has 1 aromatic carbocycles. The van der Waals surface area contributed by atoms with Gasteiger partial charge in [-0.2, -0.15) is 0 Å². The van der Waals surface area contributed by atoms with Crippen molar-refractivity contribution in [3.8, 4) is 5.75 Å². The SMILES string of the molecule is C[C@@H]1CCCN1CCCOc1ccc(C2=CCNCC2)cc1. The second kappa shape index (κ2) is 7.80. The highest BCUT2D eigenvalue weighted by Gasteiger charge is 2.19. The van der Waals surface area contributed by atoms with Crippen LogP contribution in [0.4, 0.5) is 0 Å². The molecule has 0 spiro atoms. The number of ether oxygens (including phenoxy) is 1. The molecule has 1 N–H and O–H groups in total. The first-order chi connectivity index (χ1) is 10.8. The predicted octanol–water partition coefficient (Wildman–Crippen LogP) is 3.32. The fourth-order valence-electron chi connectivity index (χ4n) is 3.43. The van der Waals surface area contributed by atoms with E-state index in [-0.39, 0.29) is 0 Å². The zero-order valence-corrected chi connectivity index (χ0v) is 13.7. The van der Waals surface area contributed by atoms with Gasteiger partial charge in [-0.1, -0.05) is 18.2 Å². The Morgan fingerprint density at radius 3 is 2.82 bits per heavy atom. The lowest BCUT2D eigenvalue weighted by molar-refractivity contribution is 0.230. The fourth-order valence-corrected chi connectivity index (χ4v) is 3.43. The van der Waals surface area contributed by atoms with Gasteiger partial charge in [-0.25, -0.2) is 0 Å². The lowest BCUT2D eigenvalue weighted by atomic mass is 10.0. The van der Waals surface area contributed by atoms with Crippen LogP contribution in [-0.2, 0) is 0 Å². The lowest BCUT2D eigenvalue weighted by Crippen LogP contribution is -2.28. The molecule has 2 heterocycles. The van der Waals surface area contributed by atoms with Gasteiger partial charge in [0.1, 0.15) is 5.75 Å². The molecule has 0 saturated carbocycles. The van der Waals surface area contributed by atoms with E-state index < -0.39 is 0 Å². The molecule has 0 radical (unpaired) electrons. The molecule has 0 aliphatic carbocycles. The van der Waals surface area contributed by atoms with E-state index in [1.165, 1.54) is 37.1 Å². The summed E-state index contributed by atoms with van der Waals surface area (Å²) >= 11 is 0. The van der Waals surface area contributed by atoms with E-state index in [1.807, 2.05) is 0 Å². The van der Waals surface area contributed by atoms with Crippen molar-refractivity contribution >= 4 is 5.57 Å². The van der Waals surface area contributed by atoms with Crippen LogP contribution in [0.5, 0.6) is 5.75 Å².